The number of carbonyl (C=O) groups is 1. The summed E-state index contributed by atoms with van der Waals surface area (Å²) in [5, 5.41) is 15.2. The highest BCUT2D eigenvalue weighted by molar-refractivity contribution is 7.13. The maximum atomic E-state index is 13.2. The van der Waals surface area contributed by atoms with Crippen molar-refractivity contribution in [2.45, 2.75) is 6.42 Å². The Morgan fingerprint density at radius 2 is 2.15 bits per heavy atom. The normalized spacial score (nSPS) is 11.0. The molecule has 130 valence electrons. The molecule has 1 aromatic carbocycles. The number of fused-ring (bicyclic) bond motifs is 1. The van der Waals surface area contributed by atoms with Crippen LogP contribution < -0.4 is 10.9 Å². The van der Waals surface area contributed by atoms with Crippen LogP contribution in [0.1, 0.15) is 5.82 Å². The smallest absolute Gasteiger partial charge is 0.290 e. The number of carbonyl (C=O) groups excluding carboxylic acids is 1. The summed E-state index contributed by atoms with van der Waals surface area (Å²) in [6, 6.07) is 11.0. The molecule has 4 rings (SSSR count). The Morgan fingerprint density at radius 3 is 2.92 bits per heavy atom. The van der Waals surface area contributed by atoms with Gasteiger partial charge in [-0.1, -0.05) is 12.1 Å². The summed E-state index contributed by atoms with van der Waals surface area (Å²) in [5.74, 6) is -0.569. The number of anilines is 1. The van der Waals surface area contributed by atoms with E-state index < -0.39 is 17.3 Å². The second kappa shape index (κ2) is 6.52. The lowest BCUT2D eigenvalue weighted by atomic mass is 10.3. The van der Waals surface area contributed by atoms with Crippen molar-refractivity contribution >= 4 is 28.4 Å². The average molecular weight is 369 g/mol. The number of nitrogens with one attached hydrogen (secondary N) is 2. The van der Waals surface area contributed by atoms with Crippen LogP contribution >= 0.6 is 11.3 Å². The molecule has 0 aliphatic carbocycles. The van der Waals surface area contributed by atoms with Gasteiger partial charge in [-0.25, -0.2) is 14.0 Å². The van der Waals surface area contributed by atoms with E-state index in [9.17, 15) is 14.0 Å². The molecule has 0 saturated heterocycles. The van der Waals surface area contributed by atoms with Crippen LogP contribution in [0.2, 0.25) is 0 Å². The number of nitrogens with zero attached hydrogens (tertiary/aromatic N) is 3. The van der Waals surface area contributed by atoms with Crippen molar-refractivity contribution in [3.8, 4) is 10.6 Å². The zero-order valence-corrected chi connectivity index (χ0v) is 14.1. The van der Waals surface area contributed by atoms with Crippen LogP contribution in [0, 0.1) is 5.82 Å². The highest BCUT2D eigenvalue weighted by Gasteiger charge is 2.15. The number of benzene rings is 1. The minimum absolute atomic E-state index is 0.130. The first-order chi connectivity index (χ1) is 12.6. The highest BCUT2D eigenvalue weighted by atomic mass is 32.1. The minimum Gasteiger partial charge on any atom is -0.326 e. The SMILES string of the molecule is O=C(Cc1n[nH]c(=O)c2cc(-c3cccs3)nn12)Nc1cccc(F)c1. The van der Waals surface area contributed by atoms with Crippen molar-refractivity contribution in [3.05, 3.63) is 69.8 Å². The third-order valence-electron chi connectivity index (χ3n) is 3.67. The lowest BCUT2D eigenvalue weighted by Gasteiger charge is -2.06. The van der Waals surface area contributed by atoms with Crippen LogP contribution in [0.4, 0.5) is 10.1 Å². The van der Waals surface area contributed by atoms with Crippen molar-refractivity contribution in [2.75, 3.05) is 5.32 Å². The number of hydrogen-bond donors (Lipinski definition) is 2. The zero-order chi connectivity index (χ0) is 18.1. The van der Waals surface area contributed by atoms with Gasteiger partial charge in [0.15, 0.2) is 5.82 Å². The van der Waals surface area contributed by atoms with Crippen LogP contribution in [-0.4, -0.2) is 25.7 Å². The molecule has 0 aliphatic heterocycles. The summed E-state index contributed by atoms with van der Waals surface area (Å²) >= 11 is 1.50. The topological polar surface area (TPSA) is 92.2 Å². The van der Waals surface area contributed by atoms with E-state index in [1.807, 2.05) is 17.5 Å². The summed E-state index contributed by atoms with van der Waals surface area (Å²) in [6.07, 6.45) is -0.130. The minimum atomic E-state index is -0.444. The van der Waals surface area contributed by atoms with E-state index in [4.69, 9.17) is 0 Å². The molecule has 4 aromatic rings. The number of thiophene rings is 1. The van der Waals surface area contributed by atoms with E-state index in [2.05, 4.69) is 20.6 Å². The zero-order valence-electron chi connectivity index (χ0n) is 13.3. The number of hydrogen-bond acceptors (Lipinski definition) is 5. The van der Waals surface area contributed by atoms with E-state index in [-0.39, 0.29) is 12.2 Å². The molecule has 7 nitrogen and oxygen atoms in total. The molecule has 3 heterocycles. The van der Waals surface area contributed by atoms with Gasteiger partial charge in [0.25, 0.3) is 5.56 Å². The monoisotopic (exact) mass is 369 g/mol. The molecule has 1 amide bonds. The van der Waals surface area contributed by atoms with Gasteiger partial charge in [0.1, 0.15) is 17.0 Å². The van der Waals surface area contributed by atoms with Gasteiger partial charge in [0.05, 0.1) is 11.3 Å². The quantitative estimate of drug-likeness (QED) is 0.578. The van der Waals surface area contributed by atoms with Crippen LogP contribution in [0.15, 0.2) is 52.6 Å². The fraction of sp³-hybridized carbons (Fsp3) is 0.0588. The third-order valence-corrected chi connectivity index (χ3v) is 4.57. The molecule has 0 radical (unpaired) electrons. The Balaban J connectivity index is 1.65. The van der Waals surface area contributed by atoms with E-state index in [1.165, 1.54) is 34.1 Å². The predicted octanol–water partition coefficient (Wildman–Crippen LogP) is 2.47. The van der Waals surface area contributed by atoms with Gasteiger partial charge >= 0.3 is 0 Å². The first-order valence-corrected chi connectivity index (χ1v) is 8.55. The van der Waals surface area contributed by atoms with Crippen molar-refractivity contribution in [1.29, 1.82) is 0 Å². The lowest BCUT2D eigenvalue weighted by molar-refractivity contribution is -0.115. The standard InChI is InChI=1S/C17H12FN5O2S/c18-10-3-1-4-11(7-10)19-16(24)9-15-20-21-17(25)13-8-12(22-23(13)15)14-5-2-6-26-14/h1-8H,9H2,(H,19,24)(H,21,25). The van der Waals surface area contributed by atoms with Crippen LogP contribution in [0.3, 0.4) is 0 Å². The summed E-state index contributed by atoms with van der Waals surface area (Å²) < 4.78 is 14.6. The average Bonchev–Trinajstić information content (AvgIpc) is 3.26. The van der Waals surface area contributed by atoms with Gasteiger partial charge in [-0.05, 0) is 35.7 Å². The summed E-state index contributed by atoms with van der Waals surface area (Å²) in [7, 11) is 0. The molecule has 9 heteroatoms. The Hall–Kier alpha value is -3.33. The van der Waals surface area contributed by atoms with E-state index >= 15 is 0 Å². The van der Waals surface area contributed by atoms with Crippen molar-refractivity contribution < 1.29 is 9.18 Å². The highest BCUT2D eigenvalue weighted by Crippen LogP contribution is 2.23. The second-order valence-corrected chi connectivity index (χ2v) is 6.46. The van der Waals surface area contributed by atoms with Crippen LogP contribution in [0.5, 0.6) is 0 Å². The summed E-state index contributed by atoms with van der Waals surface area (Å²) in [6.45, 7) is 0. The molecule has 0 bridgehead atoms. The largest absolute Gasteiger partial charge is 0.326 e. The van der Waals surface area contributed by atoms with Crippen molar-refractivity contribution in [3.63, 3.8) is 0 Å². The Morgan fingerprint density at radius 1 is 1.27 bits per heavy atom. The van der Waals surface area contributed by atoms with Crippen molar-refractivity contribution in [1.82, 2.24) is 19.8 Å². The number of aromatic nitrogens is 4. The maximum absolute atomic E-state index is 13.2. The molecule has 0 atom stereocenters. The molecule has 0 fully saturated rings. The molecular formula is C17H12FN5O2S. The van der Waals surface area contributed by atoms with E-state index in [0.717, 1.165) is 4.88 Å². The Bertz CT molecular complexity index is 1150. The predicted molar refractivity (Wildman–Crippen MR) is 95.7 cm³/mol. The number of amides is 1. The first kappa shape index (κ1) is 16.2. The molecule has 26 heavy (non-hydrogen) atoms. The first-order valence-electron chi connectivity index (χ1n) is 7.67. The number of aromatic amines is 1. The van der Waals surface area contributed by atoms with Gasteiger partial charge in [-0.2, -0.15) is 10.2 Å². The van der Waals surface area contributed by atoms with E-state index in [0.29, 0.717) is 16.9 Å². The fourth-order valence-electron chi connectivity index (χ4n) is 2.53. The van der Waals surface area contributed by atoms with Crippen molar-refractivity contribution in [2.24, 2.45) is 0 Å². The summed E-state index contributed by atoms with van der Waals surface area (Å²) in [5.41, 5.74) is 0.882. The number of halogens is 1. The van der Waals surface area contributed by atoms with E-state index in [1.54, 1.807) is 12.1 Å². The van der Waals surface area contributed by atoms with Gasteiger partial charge in [-0.15, -0.1) is 11.3 Å². The number of rotatable bonds is 4. The lowest BCUT2D eigenvalue weighted by Crippen LogP contribution is -2.22. The molecule has 0 aliphatic rings. The molecular weight excluding hydrogens is 357 g/mol. The third kappa shape index (κ3) is 3.11. The number of H-pyrrole nitrogens is 1. The van der Waals surface area contributed by atoms with Gasteiger partial charge in [0, 0.05) is 5.69 Å². The Labute approximate surface area is 150 Å². The van der Waals surface area contributed by atoms with Gasteiger partial charge in [0.2, 0.25) is 5.91 Å². The van der Waals surface area contributed by atoms with Gasteiger partial charge in [-0.3, -0.25) is 9.59 Å². The second-order valence-electron chi connectivity index (χ2n) is 5.51. The molecule has 0 unspecified atom stereocenters. The van der Waals surface area contributed by atoms with Gasteiger partial charge < -0.3 is 5.32 Å². The molecule has 2 N–H and O–H groups in total. The fourth-order valence-corrected chi connectivity index (χ4v) is 3.22. The molecule has 3 aromatic heterocycles. The van der Waals surface area contributed by atoms with Crippen LogP contribution in [-0.2, 0) is 11.2 Å². The maximum Gasteiger partial charge on any atom is 0.290 e. The van der Waals surface area contributed by atoms with Crippen LogP contribution in [0.25, 0.3) is 16.1 Å². The summed E-state index contributed by atoms with van der Waals surface area (Å²) in [4.78, 5) is 25.2. The Kier molecular flexibility index (Phi) is 4.05. The molecule has 0 saturated carbocycles. The molecule has 0 spiro atoms.